The van der Waals surface area contributed by atoms with Gasteiger partial charge in [-0.1, -0.05) is 22.9 Å². The Labute approximate surface area is 117 Å². The van der Waals surface area contributed by atoms with Gasteiger partial charge >= 0.3 is 0 Å². The van der Waals surface area contributed by atoms with Crippen molar-refractivity contribution in [3.8, 4) is 6.07 Å². The molecule has 0 aromatic heterocycles. The van der Waals surface area contributed by atoms with Crippen molar-refractivity contribution in [1.29, 1.82) is 5.26 Å². The van der Waals surface area contributed by atoms with Crippen LogP contribution in [0.4, 0.5) is 5.69 Å². The summed E-state index contributed by atoms with van der Waals surface area (Å²) in [5.41, 5.74) is 1.95. The van der Waals surface area contributed by atoms with Crippen molar-refractivity contribution in [2.24, 2.45) is 5.41 Å². The molecular weight excluding hydrogens is 290 g/mol. The summed E-state index contributed by atoms with van der Waals surface area (Å²) < 4.78 is 1.000. The molecule has 4 heteroatoms. The first kappa shape index (κ1) is 13.4. The Morgan fingerprint density at radius 2 is 2.17 bits per heavy atom. The molecular formula is C14H18BrN3. The van der Waals surface area contributed by atoms with Gasteiger partial charge in [-0.3, -0.25) is 0 Å². The molecule has 0 unspecified atom stereocenters. The van der Waals surface area contributed by atoms with Gasteiger partial charge in [0.25, 0.3) is 0 Å². The van der Waals surface area contributed by atoms with Crippen LogP contribution < -0.4 is 10.6 Å². The monoisotopic (exact) mass is 307 g/mol. The molecule has 1 aromatic carbocycles. The first-order valence-electron chi connectivity index (χ1n) is 6.27. The van der Waals surface area contributed by atoms with Crippen LogP contribution in [0.15, 0.2) is 22.7 Å². The third kappa shape index (κ3) is 3.24. The molecule has 3 nitrogen and oxygen atoms in total. The number of benzene rings is 1. The van der Waals surface area contributed by atoms with Gasteiger partial charge in [-0.15, -0.1) is 0 Å². The maximum Gasteiger partial charge on any atom is 0.101 e. The fourth-order valence-corrected chi connectivity index (χ4v) is 2.64. The summed E-state index contributed by atoms with van der Waals surface area (Å²) >= 11 is 3.45. The van der Waals surface area contributed by atoms with Crippen molar-refractivity contribution >= 4 is 21.6 Å². The lowest BCUT2D eigenvalue weighted by Crippen LogP contribution is -2.39. The molecule has 1 saturated heterocycles. The van der Waals surface area contributed by atoms with Crippen LogP contribution in [0.3, 0.4) is 0 Å². The lowest BCUT2D eigenvalue weighted by atomic mass is 9.81. The van der Waals surface area contributed by atoms with Crippen molar-refractivity contribution in [2.75, 3.05) is 25.0 Å². The first-order chi connectivity index (χ1) is 8.63. The molecule has 0 amide bonds. The Kier molecular flexibility index (Phi) is 4.26. The third-order valence-corrected chi connectivity index (χ3v) is 4.11. The van der Waals surface area contributed by atoms with Crippen LogP contribution in [-0.4, -0.2) is 19.6 Å². The van der Waals surface area contributed by atoms with Crippen LogP contribution in [0.25, 0.3) is 0 Å². The zero-order valence-electron chi connectivity index (χ0n) is 10.6. The van der Waals surface area contributed by atoms with E-state index in [1.54, 1.807) is 0 Å². The number of nitrogens with one attached hydrogen (secondary N) is 2. The molecule has 0 bridgehead atoms. The summed E-state index contributed by atoms with van der Waals surface area (Å²) in [7, 11) is 0. The van der Waals surface area contributed by atoms with Gasteiger partial charge in [-0.2, -0.15) is 5.26 Å². The minimum Gasteiger partial charge on any atom is -0.383 e. The van der Waals surface area contributed by atoms with E-state index in [0.717, 1.165) is 29.8 Å². The van der Waals surface area contributed by atoms with E-state index in [1.807, 2.05) is 18.2 Å². The fourth-order valence-electron chi connectivity index (χ4n) is 2.28. The molecule has 1 aromatic rings. The molecule has 0 saturated carbocycles. The third-order valence-electron chi connectivity index (χ3n) is 3.62. The second-order valence-corrected chi connectivity index (χ2v) is 6.13. The van der Waals surface area contributed by atoms with Crippen molar-refractivity contribution in [1.82, 2.24) is 5.32 Å². The van der Waals surface area contributed by atoms with Crippen molar-refractivity contribution in [3.05, 3.63) is 28.2 Å². The number of rotatable bonds is 3. The quantitative estimate of drug-likeness (QED) is 0.902. The summed E-state index contributed by atoms with van der Waals surface area (Å²) in [4.78, 5) is 0. The minimum absolute atomic E-state index is 0.320. The summed E-state index contributed by atoms with van der Waals surface area (Å²) in [5.74, 6) is 0. The minimum atomic E-state index is 0.320. The second kappa shape index (κ2) is 5.73. The Hall–Kier alpha value is -1.05. The SMILES string of the molecule is CC1(CNc2cc(Br)ccc2C#N)CCNCC1. The highest BCUT2D eigenvalue weighted by Crippen LogP contribution is 2.29. The highest BCUT2D eigenvalue weighted by atomic mass is 79.9. The molecule has 0 spiro atoms. The van der Waals surface area contributed by atoms with E-state index in [9.17, 15) is 0 Å². The van der Waals surface area contributed by atoms with Crippen LogP contribution in [0.2, 0.25) is 0 Å². The second-order valence-electron chi connectivity index (χ2n) is 5.22. The molecule has 1 aliphatic heterocycles. The molecule has 0 atom stereocenters. The van der Waals surface area contributed by atoms with Gasteiger partial charge in [0.15, 0.2) is 0 Å². The summed E-state index contributed by atoms with van der Waals surface area (Å²) in [5, 5.41) is 15.9. The molecule has 0 aliphatic carbocycles. The fraction of sp³-hybridized carbons (Fsp3) is 0.500. The summed E-state index contributed by atoms with van der Waals surface area (Å²) in [6, 6.07) is 7.95. The number of halogens is 1. The van der Waals surface area contributed by atoms with Crippen LogP contribution in [0.1, 0.15) is 25.3 Å². The largest absolute Gasteiger partial charge is 0.383 e. The number of hydrogen-bond acceptors (Lipinski definition) is 3. The van der Waals surface area contributed by atoms with Gasteiger partial charge in [0.1, 0.15) is 6.07 Å². The van der Waals surface area contributed by atoms with Crippen LogP contribution in [-0.2, 0) is 0 Å². The molecule has 18 heavy (non-hydrogen) atoms. The average molecular weight is 308 g/mol. The predicted molar refractivity (Wildman–Crippen MR) is 77.6 cm³/mol. The molecule has 1 fully saturated rings. The van der Waals surface area contributed by atoms with Gasteiger partial charge in [0.2, 0.25) is 0 Å². The maximum atomic E-state index is 9.10. The van der Waals surface area contributed by atoms with Gasteiger partial charge in [-0.05, 0) is 49.5 Å². The lowest BCUT2D eigenvalue weighted by molar-refractivity contribution is 0.247. The Morgan fingerprint density at radius 3 is 2.83 bits per heavy atom. The normalized spacial score (nSPS) is 18.1. The molecule has 1 heterocycles. The zero-order valence-corrected chi connectivity index (χ0v) is 12.2. The number of hydrogen-bond donors (Lipinski definition) is 2. The molecule has 2 rings (SSSR count). The molecule has 0 radical (unpaired) electrons. The Morgan fingerprint density at radius 1 is 1.44 bits per heavy atom. The Bertz CT molecular complexity index is 459. The van der Waals surface area contributed by atoms with E-state index in [1.165, 1.54) is 12.8 Å². The van der Waals surface area contributed by atoms with Gasteiger partial charge in [0.05, 0.1) is 11.3 Å². The van der Waals surface area contributed by atoms with Crippen molar-refractivity contribution in [2.45, 2.75) is 19.8 Å². The first-order valence-corrected chi connectivity index (χ1v) is 7.06. The van der Waals surface area contributed by atoms with Crippen LogP contribution >= 0.6 is 15.9 Å². The van der Waals surface area contributed by atoms with Crippen molar-refractivity contribution < 1.29 is 0 Å². The summed E-state index contributed by atoms with van der Waals surface area (Å²) in [6.07, 6.45) is 2.35. The standard InChI is InChI=1S/C14H18BrN3/c1-14(4-6-17-7-5-14)10-18-13-8-12(15)3-2-11(13)9-16/h2-3,8,17-18H,4-7,10H2,1H3. The van der Waals surface area contributed by atoms with Crippen LogP contribution in [0.5, 0.6) is 0 Å². The maximum absolute atomic E-state index is 9.10. The van der Waals surface area contributed by atoms with Gasteiger partial charge in [-0.25, -0.2) is 0 Å². The molecule has 2 N–H and O–H groups in total. The van der Waals surface area contributed by atoms with E-state index in [2.05, 4.69) is 39.6 Å². The van der Waals surface area contributed by atoms with E-state index in [-0.39, 0.29) is 0 Å². The predicted octanol–water partition coefficient (Wildman–Crippen LogP) is 3.12. The van der Waals surface area contributed by atoms with E-state index >= 15 is 0 Å². The Balaban J connectivity index is 2.05. The molecule has 96 valence electrons. The van der Waals surface area contributed by atoms with E-state index in [0.29, 0.717) is 11.0 Å². The highest BCUT2D eigenvalue weighted by Gasteiger charge is 2.26. The number of nitriles is 1. The van der Waals surface area contributed by atoms with E-state index in [4.69, 9.17) is 5.26 Å². The van der Waals surface area contributed by atoms with Gasteiger partial charge < -0.3 is 10.6 Å². The lowest BCUT2D eigenvalue weighted by Gasteiger charge is -2.34. The van der Waals surface area contributed by atoms with Crippen LogP contribution in [0, 0.1) is 16.7 Å². The van der Waals surface area contributed by atoms with Crippen molar-refractivity contribution in [3.63, 3.8) is 0 Å². The average Bonchev–Trinajstić information content (AvgIpc) is 2.38. The number of nitrogens with zero attached hydrogens (tertiary/aromatic N) is 1. The smallest absolute Gasteiger partial charge is 0.101 e. The number of piperidine rings is 1. The zero-order chi connectivity index (χ0) is 13.0. The highest BCUT2D eigenvalue weighted by molar-refractivity contribution is 9.10. The van der Waals surface area contributed by atoms with Gasteiger partial charge in [0, 0.05) is 11.0 Å². The topological polar surface area (TPSA) is 47.9 Å². The number of anilines is 1. The summed E-state index contributed by atoms with van der Waals surface area (Å²) in [6.45, 7) is 5.40. The van der Waals surface area contributed by atoms with E-state index < -0.39 is 0 Å². The molecule has 1 aliphatic rings.